The zero-order chi connectivity index (χ0) is 14.7. The van der Waals surface area contributed by atoms with Crippen LogP contribution in [0, 0.1) is 0 Å². The molecule has 5 heteroatoms. The molecule has 0 atom stereocenters. The molecule has 3 aromatic rings. The Morgan fingerprint density at radius 1 is 0.952 bits per heavy atom. The van der Waals surface area contributed by atoms with Crippen LogP contribution in [-0.4, -0.2) is 29.2 Å². The molecule has 0 aliphatic carbocycles. The summed E-state index contributed by atoms with van der Waals surface area (Å²) in [7, 11) is 3.16. The van der Waals surface area contributed by atoms with Crippen molar-refractivity contribution in [1.82, 2.24) is 15.0 Å². The summed E-state index contributed by atoms with van der Waals surface area (Å²) in [6, 6.07) is 11.7. The first kappa shape index (κ1) is 13.6. The number of hydrogen-bond acceptors (Lipinski definition) is 5. The summed E-state index contributed by atoms with van der Waals surface area (Å²) in [6.07, 6.45) is 2.99. The number of nitrogens with zero attached hydrogens (tertiary/aromatic N) is 3. The molecule has 0 N–H and O–H groups in total. The molecular formula is C16H15N3O2. The Morgan fingerprint density at radius 3 is 2.62 bits per heavy atom. The van der Waals surface area contributed by atoms with E-state index in [-0.39, 0.29) is 0 Å². The summed E-state index contributed by atoms with van der Waals surface area (Å²) in [5.74, 6) is 0.636. The Hall–Kier alpha value is -2.37. The molecule has 0 aliphatic heterocycles. The lowest BCUT2D eigenvalue weighted by atomic mass is 10.1. The van der Waals surface area contributed by atoms with Gasteiger partial charge < -0.3 is 9.47 Å². The predicted molar refractivity (Wildman–Crippen MR) is 79.5 cm³/mol. The van der Waals surface area contributed by atoms with E-state index >= 15 is 0 Å². The van der Waals surface area contributed by atoms with Gasteiger partial charge in [-0.25, -0.2) is 9.97 Å². The zero-order valence-electron chi connectivity index (χ0n) is 11.9. The third kappa shape index (κ3) is 2.74. The Kier molecular flexibility index (Phi) is 3.85. The number of aromatic nitrogens is 3. The molecule has 0 saturated heterocycles. The van der Waals surface area contributed by atoms with Gasteiger partial charge >= 0.3 is 0 Å². The Bertz CT molecular complexity index is 757. The molecule has 0 unspecified atom stereocenters. The lowest BCUT2D eigenvalue weighted by molar-refractivity contribution is -0.108. The molecule has 0 spiro atoms. The minimum atomic E-state index is -0.492. The quantitative estimate of drug-likeness (QED) is 0.688. The van der Waals surface area contributed by atoms with Crippen molar-refractivity contribution in [2.24, 2.45) is 0 Å². The largest absolute Gasteiger partial charge is 0.350 e. The van der Waals surface area contributed by atoms with E-state index in [1.54, 1.807) is 32.7 Å². The molecule has 2 heterocycles. The number of rotatable bonds is 4. The van der Waals surface area contributed by atoms with Gasteiger partial charge in [-0.3, -0.25) is 4.98 Å². The molecule has 0 aliphatic rings. The average molecular weight is 281 g/mol. The van der Waals surface area contributed by atoms with Crippen LogP contribution in [0.15, 0.2) is 48.8 Å². The van der Waals surface area contributed by atoms with Gasteiger partial charge in [0.05, 0.1) is 5.52 Å². The summed E-state index contributed by atoms with van der Waals surface area (Å²) < 4.78 is 10.4. The van der Waals surface area contributed by atoms with Crippen LogP contribution in [0.5, 0.6) is 0 Å². The van der Waals surface area contributed by atoms with E-state index in [1.807, 2.05) is 30.3 Å². The zero-order valence-corrected chi connectivity index (χ0v) is 11.9. The fourth-order valence-corrected chi connectivity index (χ4v) is 2.20. The first-order valence-corrected chi connectivity index (χ1v) is 6.55. The minimum Gasteiger partial charge on any atom is -0.350 e. The van der Waals surface area contributed by atoms with Crippen molar-refractivity contribution in [3.8, 4) is 11.4 Å². The van der Waals surface area contributed by atoms with Gasteiger partial charge in [0.2, 0.25) is 6.29 Å². The molecule has 0 amide bonds. The molecule has 106 valence electrons. The molecule has 0 bridgehead atoms. The number of methoxy groups -OCH3 is 2. The second-order valence-corrected chi connectivity index (χ2v) is 4.52. The van der Waals surface area contributed by atoms with Crippen LogP contribution in [0.4, 0.5) is 0 Å². The molecule has 0 radical (unpaired) electrons. The molecule has 21 heavy (non-hydrogen) atoms. The molecule has 5 nitrogen and oxygen atoms in total. The molecular weight excluding hydrogens is 266 g/mol. The second kappa shape index (κ2) is 5.95. The Balaban J connectivity index is 2.03. The van der Waals surface area contributed by atoms with E-state index in [2.05, 4.69) is 15.0 Å². The molecule has 0 fully saturated rings. The Labute approximate surface area is 122 Å². The lowest BCUT2D eigenvalue weighted by Gasteiger charge is -2.13. The summed E-state index contributed by atoms with van der Waals surface area (Å²) in [5.41, 5.74) is 2.57. The van der Waals surface area contributed by atoms with E-state index in [9.17, 15) is 0 Å². The van der Waals surface area contributed by atoms with Crippen molar-refractivity contribution >= 4 is 10.9 Å². The maximum absolute atomic E-state index is 5.22. The molecule has 0 saturated carbocycles. The van der Waals surface area contributed by atoms with Crippen molar-refractivity contribution < 1.29 is 9.47 Å². The summed E-state index contributed by atoms with van der Waals surface area (Å²) in [4.78, 5) is 13.1. The maximum Gasteiger partial charge on any atom is 0.200 e. The van der Waals surface area contributed by atoms with Crippen LogP contribution < -0.4 is 0 Å². The standard InChI is InChI=1S/C16H15N3O2/c1-20-16(21-2)14-7-9-18-15(19-14)12-5-6-13-11(10-12)4-3-8-17-13/h3-10,16H,1-2H3. The average Bonchev–Trinajstić information content (AvgIpc) is 2.56. The fraction of sp³-hybridized carbons (Fsp3) is 0.188. The van der Waals surface area contributed by atoms with E-state index < -0.39 is 6.29 Å². The van der Waals surface area contributed by atoms with Crippen LogP contribution in [0.3, 0.4) is 0 Å². The highest BCUT2D eigenvalue weighted by atomic mass is 16.7. The first-order valence-electron chi connectivity index (χ1n) is 6.55. The molecule has 1 aromatic carbocycles. The van der Waals surface area contributed by atoms with E-state index in [4.69, 9.17) is 9.47 Å². The summed E-state index contributed by atoms with van der Waals surface area (Å²) in [6.45, 7) is 0. The van der Waals surface area contributed by atoms with Crippen molar-refractivity contribution in [2.75, 3.05) is 14.2 Å². The number of benzene rings is 1. The van der Waals surface area contributed by atoms with Crippen molar-refractivity contribution in [3.63, 3.8) is 0 Å². The third-order valence-corrected chi connectivity index (χ3v) is 3.21. The van der Waals surface area contributed by atoms with E-state index in [0.717, 1.165) is 16.5 Å². The topological polar surface area (TPSA) is 57.1 Å². The second-order valence-electron chi connectivity index (χ2n) is 4.52. The van der Waals surface area contributed by atoms with Crippen molar-refractivity contribution in [2.45, 2.75) is 6.29 Å². The van der Waals surface area contributed by atoms with Gasteiger partial charge in [0.15, 0.2) is 5.82 Å². The molecule has 2 aromatic heterocycles. The number of ether oxygens (including phenoxy) is 2. The van der Waals surface area contributed by atoms with Gasteiger partial charge in [0.25, 0.3) is 0 Å². The highest BCUT2D eigenvalue weighted by Crippen LogP contribution is 2.22. The van der Waals surface area contributed by atoms with Gasteiger partial charge in [-0.15, -0.1) is 0 Å². The van der Waals surface area contributed by atoms with Gasteiger partial charge in [0, 0.05) is 37.6 Å². The lowest BCUT2D eigenvalue weighted by Crippen LogP contribution is -2.07. The van der Waals surface area contributed by atoms with Gasteiger partial charge in [0.1, 0.15) is 5.69 Å². The number of pyridine rings is 1. The summed E-state index contributed by atoms with van der Waals surface area (Å²) >= 11 is 0. The van der Waals surface area contributed by atoms with Crippen LogP contribution in [-0.2, 0) is 9.47 Å². The van der Waals surface area contributed by atoms with E-state index in [0.29, 0.717) is 11.5 Å². The SMILES string of the molecule is COC(OC)c1ccnc(-c2ccc3ncccc3c2)n1. The monoisotopic (exact) mass is 281 g/mol. The van der Waals surface area contributed by atoms with Crippen LogP contribution in [0.25, 0.3) is 22.3 Å². The van der Waals surface area contributed by atoms with Crippen LogP contribution in [0.2, 0.25) is 0 Å². The van der Waals surface area contributed by atoms with Gasteiger partial charge in [-0.05, 0) is 30.3 Å². The van der Waals surface area contributed by atoms with Gasteiger partial charge in [-0.1, -0.05) is 6.07 Å². The first-order chi connectivity index (χ1) is 10.3. The minimum absolute atomic E-state index is 0.492. The van der Waals surface area contributed by atoms with Crippen molar-refractivity contribution in [3.05, 3.63) is 54.5 Å². The smallest absolute Gasteiger partial charge is 0.200 e. The Morgan fingerprint density at radius 2 is 1.81 bits per heavy atom. The highest BCUT2D eigenvalue weighted by molar-refractivity contribution is 5.83. The van der Waals surface area contributed by atoms with Crippen molar-refractivity contribution in [1.29, 1.82) is 0 Å². The normalized spacial score (nSPS) is 11.2. The number of fused-ring (bicyclic) bond motifs is 1. The van der Waals surface area contributed by atoms with E-state index in [1.165, 1.54) is 0 Å². The highest BCUT2D eigenvalue weighted by Gasteiger charge is 2.12. The summed E-state index contributed by atoms with van der Waals surface area (Å²) in [5, 5.41) is 1.05. The van der Waals surface area contributed by atoms with Gasteiger partial charge in [-0.2, -0.15) is 0 Å². The third-order valence-electron chi connectivity index (χ3n) is 3.21. The van der Waals surface area contributed by atoms with Crippen LogP contribution in [0.1, 0.15) is 12.0 Å². The predicted octanol–water partition coefficient (Wildman–Crippen LogP) is 2.98. The maximum atomic E-state index is 5.22. The van der Waals surface area contributed by atoms with Crippen LogP contribution >= 0.6 is 0 Å². The fourth-order valence-electron chi connectivity index (χ4n) is 2.20. The molecule has 3 rings (SSSR count). The number of hydrogen-bond donors (Lipinski definition) is 0.